The van der Waals surface area contributed by atoms with Crippen LogP contribution in [0.3, 0.4) is 0 Å². The first-order chi connectivity index (χ1) is 15.1. The van der Waals surface area contributed by atoms with Crippen molar-refractivity contribution in [3.8, 4) is 0 Å². The van der Waals surface area contributed by atoms with E-state index in [1.165, 1.54) is 4.90 Å². The fourth-order valence-electron chi connectivity index (χ4n) is 5.86. The maximum Gasteiger partial charge on any atom is 0.239 e. The Labute approximate surface area is 180 Å². The molecule has 6 rings (SSSR count). The number of fused-ring (bicyclic) bond motifs is 4. The molecule has 4 atom stereocenters. The van der Waals surface area contributed by atoms with E-state index in [1.54, 1.807) is 12.1 Å². The number of imide groups is 1. The zero-order valence-corrected chi connectivity index (χ0v) is 17.0. The van der Waals surface area contributed by atoms with Crippen LogP contribution in [0, 0.1) is 11.8 Å². The van der Waals surface area contributed by atoms with Crippen LogP contribution in [0.5, 0.6) is 0 Å². The lowest BCUT2D eigenvalue weighted by Gasteiger charge is -2.27. The summed E-state index contributed by atoms with van der Waals surface area (Å²) in [7, 11) is 0. The molecule has 3 aliphatic heterocycles. The summed E-state index contributed by atoms with van der Waals surface area (Å²) in [6, 6.07) is 22.1. The van der Waals surface area contributed by atoms with Crippen LogP contribution in [0.25, 0.3) is 10.8 Å². The quantitative estimate of drug-likeness (QED) is 0.488. The molecule has 2 amide bonds. The van der Waals surface area contributed by atoms with Crippen molar-refractivity contribution in [2.75, 3.05) is 11.4 Å². The number of hydrogen-bond donors (Lipinski definition) is 0. The summed E-state index contributed by atoms with van der Waals surface area (Å²) in [6.45, 7) is 0.761. The van der Waals surface area contributed by atoms with E-state index in [9.17, 15) is 14.4 Å². The molecule has 3 aromatic rings. The molecule has 3 heterocycles. The third-order valence-corrected chi connectivity index (χ3v) is 7.17. The lowest BCUT2D eigenvalue weighted by molar-refractivity contribution is -0.123. The van der Waals surface area contributed by atoms with E-state index >= 15 is 0 Å². The van der Waals surface area contributed by atoms with Crippen LogP contribution in [-0.2, 0) is 9.59 Å². The van der Waals surface area contributed by atoms with Gasteiger partial charge in [0.05, 0.1) is 23.6 Å². The monoisotopic (exact) mass is 410 g/mol. The predicted molar refractivity (Wildman–Crippen MR) is 118 cm³/mol. The molecule has 0 unspecified atom stereocenters. The largest absolute Gasteiger partial charge is 0.292 e. The second-order valence-corrected chi connectivity index (χ2v) is 8.72. The first kappa shape index (κ1) is 18.5. The van der Waals surface area contributed by atoms with Gasteiger partial charge in [0.25, 0.3) is 0 Å². The summed E-state index contributed by atoms with van der Waals surface area (Å²) >= 11 is 0. The third-order valence-electron chi connectivity index (χ3n) is 7.17. The highest BCUT2D eigenvalue weighted by atomic mass is 16.2. The van der Waals surface area contributed by atoms with Crippen LogP contribution in [0.2, 0.25) is 0 Å². The van der Waals surface area contributed by atoms with Crippen LogP contribution in [0.15, 0.2) is 72.8 Å². The standard InChI is InChI=1S/C26H22N2O3/c29-24(17-8-2-1-3-9-17)23-22-21(20-11-6-14-27(20)23)25(30)28(26(22)31)19-13-12-16-7-4-5-10-18(16)15-19/h1-5,7-10,12-13,15,20-23H,6,11,14H2/t20-,21-,22-,23+/m0/s1. The normalized spacial score (nSPS) is 27.7. The van der Waals surface area contributed by atoms with Gasteiger partial charge in [-0.3, -0.25) is 19.3 Å². The highest BCUT2D eigenvalue weighted by molar-refractivity contribution is 6.25. The topological polar surface area (TPSA) is 57.7 Å². The lowest BCUT2D eigenvalue weighted by atomic mass is 9.85. The minimum atomic E-state index is -0.614. The van der Waals surface area contributed by atoms with Gasteiger partial charge in [0, 0.05) is 11.6 Å². The summed E-state index contributed by atoms with van der Waals surface area (Å²) in [5, 5.41) is 2.04. The molecular weight excluding hydrogens is 388 g/mol. The Morgan fingerprint density at radius 3 is 2.32 bits per heavy atom. The van der Waals surface area contributed by atoms with Crippen molar-refractivity contribution >= 4 is 34.1 Å². The second-order valence-electron chi connectivity index (χ2n) is 8.72. The van der Waals surface area contributed by atoms with Crippen molar-refractivity contribution < 1.29 is 14.4 Å². The molecule has 154 valence electrons. The van der Waals surface area contributed by atoms with Gasteiger partial charge < -0.3 is 0 Å². The third kappa shape index (κ3) is 2.63. The van der Waals surface area contributed by atoms with Crippen LogP contribution in [-0.4, -0.2) is 41.1 Å². The molecule has 3 saturated heterocycles. The summed E-state index contributed by atoms with van der Waals surface area (Å²) < 4.78 is 0. The van der Waals surface area contributed by atoms with Crippen LogP contribution >= 0.6 is 0 Å². The van der Waals surface area contributed by atoms with Crippen molar-refractivity contribution in [2.24, 2.45) is 11.8 Å². The number of carbonyl (C=O) groups is 3. The van der Waals surface area contributed by atoms with E-state index in [4.69, 9.17) is 0 Å². The van der Waals surface area contributed by atoms with E-state index in [0.29, 0.717) is 11.3 Å². The summed E-state index contributed by atoms with van der Waals surface area (Å²) in [6.07, 6.45) is 1.80. The molecule has 0 aromatic heterocycles. The minimum absolute atomic E-state index is 0.0374. The van der Waals surface area contributed by atoms with Crippen molar-refractivity contribution in [3.05, 3.63) is 78.4 Å². The van der Waals surface area contributed by atoms with Crippen molar-refractivity contribution in [1.29, 1.82) is 0 Å². The van der Waals surface area contributed by atoms with Gasteiger partial charge in [0.1, 0.15) is 0 Å². The van der Waals surface area contributed by atoms with Crippen LogP contribution < -0.4 is 4.90 Å². The zero-order valence-electron chi connectivity index (χ0n) is 17.0. The van der Waals surface area contributed by atoms with E-state index in [1.807, 2.05) is 60.7 Å². The van der Waals surface area contributed by atoms with Crippen molar-refractivity contribution in [2.45, 2.75) is 24.9 Å². The number of benzene rings is 3. The first-order valence-electron chi connectivity index (χ1n) is 10.9. The molecule has 0 radical (unpaired) electrons. The Morgan fingerprint density at radius 2 is 1.52 bits per heavy atom. The van der Waals surface area contributed by atoms with Gasteiger partial charge >= 0.3 is 0 Å². The number of rotatable bonds is 3. The summed E-state index contributed by atoms with van der Waals surface area (Å²) in [5.74, 6) is -1.52. The molecular formula is C26H22N2O3. The van der Waals surface area contributed by atoms with Crippen molar-refractivity contribution in [3.63, 3.8) is 0 Å². The molecule has 0 bridgehead atoms. The summed E-state index contributed by atoms with van der Waals surface area (Å²) in [5.41, 5.74) is 1.20. The SMILES string of the molecule is O=C(c1ccccc1)[C@H]1[C@H]2C(=O)N(c3ccc4ccccc4c3)C(=O)[C@H]2[C@@H]2CCCN21. The number of hydrogen-bond acceptors (Lipinski definition) is 4. The van der Waals surface area contributed by atoms with E-state index in [2.05, 4.69) is 4.90 Å². The molecule has 0 saturated carbocycles. The smallest absolute Gasteiger partial charge is 0.239 e. The fraction of sp³-hybridized carbons (Fsp3) is 0.269. The Bertz CT molecular complexity index is 1220. The molecule has 3 aromatic carbocycles. The fourth-order valence-corrected chi connectivity index (χ4v) is 5.86. The number of ketones is 1. The predicted octanol–water partition coefficient (Wildman–Crippen LogP) is 3.67. The van der Waals surface area contributed by atoms with Crippen LogP contribution in [0.1, 0.15) is 23.2 Å². The molecule has 3 fully saturated rings. The molecule has 31 heavy (non-hydrogen) atoms. The minimum Gasteiger partial charge on any atom is -0.292 e. The van der Waals surface area contributed by atoms with Gasteiger partial charge in [-0.05, 0) is 42.3 Å². The van der Waals surface area contributed by atoms with Gasteiger partial charge in [0.15, 0.2) is 5.78 Å². The average Bonchev–Trinajstić information content (AvgIpc) is 3.45. The maximum atomic E-state index is 13.6. The van der Waals surface area contributed by atoms with E-state index in [-0.39, 0.29) is 23.6 Å². The molecule has 5 nitrogen and oxygen atoms in total. The van der Waals surface area contributed by atoms with Gasteiger partial charge in [-0.15, -0.1) is 0 Å². The number of Topliss-reactive ketones (excluding diaryl/α,β-unsaturated/α-hetero) is 1. The number of nitrogens with zero attached hydrogens (tertiary/aromatic N) is 2. The highest BCUT2D eigenvalue weighted by Crippen LogP contribution is 2.48. The Kier molecular flexibility index (Phi) is 4.08. The molecule has 3 aliphatic rings. The van der Waals surface area contributed by atoms with E-state index < -0.39 is 17.9 Å². The van der Waals surface area contributed by atoms with E-state index in [0.717, 1.165) is 30.2 Å². The Hall–Kier alpha value is -3.31. The van der Waals surface area contributed by atoms with Gasteiger partial charge in [-0.1, -0.05) is 60.7 Å². The average molecular weight is 410 g/mol. The second kappa shape index (κ2) is 6.86. The molecule has 5 heteroatoms. The van der Waals surface area contributed by atoms with Gasteiger partial charge in [-0.25, -0.2) is 4.90 Å². The zero-order chi connectivity index (χ0) is 21.1. The first-order valence-corrected chi connectivity index (χ1v) is 10.9. The van der Waals surface area contributed by atoms with Crippen LogP contribution in [0.4, 0.5) is 5.69 Å². The van der Waals surface area contributed by atoms with Crippen molar-refractivity contribution in [1.82, 2.24) is 4.90 Å². The number of amides is 2. The van der Waals surface area contributed by atoms with Gasteiger partial charge in [0.2, 0.25) is 11.8 Å². The molecule has 0 spiro atoms. The molecule has 0 aliphatic carbocycles. The van der Waals surface area contributed by atoms with Gasteiger partial charge in [-0.2, -0.15) is 0 Å². The Morgan fingerprint density at radius 1 is 0.806 bits per heavy atom. The number of anilines is 1. The number of carbonyl (C=O) groups excluding carboxylic acids is 3. The molecule has 0 N–H and O–H groups in total. The lowest BCUT2D eigenvalue weighted by Crippen LogP contribution is -2.46. The Balaban J connectivity index is 1.42. The summed E-state index contributed by atoms with van der Waals surface area (Å²) in [4.78, 5) is 44.1. The highest BCUT2D eigenvalue weighted by Gasteiger charge is 2.64. The maximum absolute atomic E-state index is 13.6.